The highest BCUT2D eigenvalue weighted by Gasteiger charge is 2.29. The molecule has 0 fully saturated rings. The molecule has 0 saturated carbocycles. The molecule has 0 aliphatic heterocycles. The van der Waals surface area contributed by atoms with Gasteiger partial charge in [-0.3, -0.25) is 0 Å². The van der Waals surface area contributed by atoms with E-state index in [-0.39, 0.29) is 5.41 Å². The second kappa shape index (κ2) is 6.42. The van der Waals surface area contributed by atoms with Crippen molar-refractivity contribution in [2.75, 3.05) is 0 Å². The van der Waals surface area contributed by atoms with Crippen molar-refractivity contribution in [2.45, 2.75) is 26.7 Å². The summed E-state index contributed by atoms with van der Waals surface area (Å²) in [4.78, 5) is 0. The predicted octanol–water partition coefficient (Wildman–Crippen LogP) is 6.53. The van der Waals surface area contributed by atoms with Gasteiger partial charge >= 0.3 is 0 Å². The Hall–Kier alpha value is -2.34. The molecule has 0 radical (unpaired) electrons. The molecule has 0 bridgehead atoms. The summed E-state index contributed by atoms with van der Waals surface area (Å²) in [5.74, 6) is 0.361. The molecule has 0 heteroatoms. The molecule has 0 aliphatic carbocycles. The molecule has 3 aromatic carbocycles. The normalized spacial score (nSPS) is 12.8. The molecular weight excluding hydrogens is 276 g/mol. The Kier molecular flexibility index (Phi) is 4.34. The summed E-state index contributed by atoms with van der Waals surface area (Å²) in [5.41, 5.74) is 5.54. The third-order valence-electron chi connectivity index (χ3n) is 4.36. The van der Waals surface area contributed by atoms with E-state index in [9.17, 15) is 0 Å². The standard InChI is InChI=1S/C23H24/c1-23(2,3)22(19-14-8-5-9-15-19)21-17-11-10-16-20(21)18-12-6-4-7-13-18/h4-17,22H,1-3H3. The minimum Gasteiger partial charge on any atom is -0.0622 e. The first-order valence-electron chi connectivity index (χ1n) is 8.26. The van der Waals surface area contributed by atoms with Crippen LogP contribution in [0.5, 0.6) is 0 Å². The number of hydrogen-bond donors (Lipinski definition) is 0. The summed E-state index contributed by atoms with van der Waals surface area (Å²) in [6.07, 6.45) is 0. The average Bonchev–Trinajstić information content (AvgIpc) is 2.56. The molecule has 0 aromatic heterocycles. The average molecular weight is 300 g/mol. The summed E-state index contributed by atoms with van der Waals surface area (Å²) in [7, 11) is 0. The highest BCUT2D eigenvalue weighted by molar-refractivity contribution is 5.69. The van der Waals surface area contributed by atoms with Crippen LogP contribution in [0.3, 0.4) is 0 Å². The van der Waals surface area contributed by atoms with Crippen LogP contribution in [0.2, 0.25) is 0 Å². The lowest BCUT2D eigenvalue weighted by Gasteiger charge is -2.33. The van der Waals surface area contributed by atoms with Crippen LogP contribution in [-0.4, -0.2) is 0 Å². The molecule has 1 atom stereocenters. The molecular formula is C23H24. The summed E-state index contributed by atoms with van der Waals surface area (Å²) in [5, 5.41) is 0. The van der Waals surface area contributed by atoms with Crippen LogP contribution >= 0.6 is 0 Å². The maximum atomic E-state index is 2.33. The van der Waals surface area contributed by atoms with Gasteiger partial charge < -0.3 is 0 Å². The Morgan fingerprint density at radius 2 is 1.13 bits per heavy atom. The zero-order valence-electron chi connectivity index (χ0n) is 14.2. The minimum absolute atomic E-state index is 0.145. The number of rotatable bonds is 3. The first-order valence-corrected chi connectivity index (χ1v) is 8.26. The fourth-order valence-electron chi connectivity index (χ4n) is 3.42. The van der Waals surface area contributed by atoms with E-state index in [1.807, 2.05) is 0 Å². The summed E-state index contributed by atoms with van der Waals surface area (Å²) in [6, 6.07) is 30.4. The topological polar surface area (TPSA) is 0 Å². The van der Waals surface area contributed by atoms with Crippen LogP contribution in [-0.2, 0) is 0 Å². The van der Waals surface area contributed by atoms with Gasteiger partial charge in [0.25, 0.3) is 0 Å². The largest absolute Gasteiger partial charge is 0.0622 e. The molecule has 0 aliphatic rings. The van der Waals surface area contributed by atoms with Crippen molar-refractivity contribution in [2.24, 2.45) is 5.41 Å². The van der Waals surface area contributed by atoms with E-state index in [1.54, 1.807) is 0 Å². The smallest absolute Gasteiger partial charge is 0.0144 e. The van der Waals surface area contributed by atoms with E-state index in [2.05, 4.69) is 106 Å². The fourth-order valence-corrected chi connectivity index (χ4v) is 3.42. The van der Waals surface area contributed by atoms with Gasteiger partial charge in [0.05, 0.1) is 0 Å². The second-order valence-electron chi connectivity index (χ2n) is 7.16. The lowest BCUT2D eigenvalue weighted by atomic mass is 9.71. The fraction of sp³-hybridized carbons (Fsp3) is 0.217. The molecule has 0 amide bonds. The van der Waals surface area contributed by atoms with Gasteiger partial charge in [-0.15, -0.1) is 0 Å². The molecule has 1 unspecified atom stereocenters. The van der Waals surface area contributed by atoms with E-state index in [1.165, 1.54) is 22.3 Å². The summed E-state index contributed by atoms with van der Waals surface area (Å²) >= 11 is 0. The van der Waals surface area contributed by atoms with Gasteiger partial charge in [0.2, 0.25) is 0 Å². The van der Waals surface area contributed by atoms with Gasteiger partial charge in [0.15, 0.2) is 0 Å². The van der Waals surface area contributed by atoms with Crippen molar-refractivity contribution in [1.82, 2.24) is 0 Å². The minimum atomic E-state index is 0.145. The molecule has 3 aromatic rings. The van der Waals surface area contributed by atoms with Gasteiger partial charge in [-0.25, -0.2) is 0 Å². The highest BCUT2D eigenvalue weighted by atomic mass is 14.3. The Bertz CT molecular complexity index is 749. The Morgan fingerprint density at radius 1 is 0.609 bits per heavy atom. The van der Waals surface area contributed by atoms with Crippen molar-refractivity contribution in [3.63, 3.8) is 0 Å². The van der Waals surface area contributed by atoms with Crippen molar-refractivity contribution < 1.29 is 0 Å². The van der Waals surface area contributed by atoms with Gasteiger partial charge in [-0.2, -0.15) is 0 Å². The lowest BCUT2D eigenvalue weighted by molar-refractivity contribution is 0.359. The molecule has 23 heavy (non-hydrogen) atoms. The monoisotopic (exact) mass is 300 g/mol. The van der Waals surface area contributed by atoms with Gasteiger partial charge in [0.1, 0.15) is 0 Å². The van der Waals surface area contributed by atoms with E-state index >= 15 is 0 Å². The van der Waals surface area contributed by atoms with Crippen LogP contribution < -0.4 is 0 Å². The van der Waals surface area contributed by atoms with Crippen molar-refractivity contribution in [1.29, 1.82) is 0 Å². The predicted molar refractivity (Wildman–Crippen MR) is 99.6 cm³/mol. The zero-order valence-corrected chi connectivity index (χ0v) is 14.2. The third kappa shape index (κ3) is 3.37. The second-order valence-corrected chi connectivity index (χ2v) is 7.16. The molecule has 116 valence electrons. The lowest BCUT2D eigenvalue weighted by Crippen LogP contribution is -2.20. The van der Waals surface area contributed by atoms with Crippen molar-refractivity contribution >= 4 is 0 Å². The van der Waals surface area contributed by atoms with E-state index < -0.39 is 0 Å². The Morgan fingerprint density at radius 3 is 1.74 bits per heavy atom. The van der Waals surface area contributed by atoms with Crippen LogP contribution in [0.15, 0.2) is 84.9 Å². The third-order valence-corrected chi connectivity index (χ3v) is 4.36. The molecule has 0 nitrogen and oxygen atoms in total. The first kappa shape index (κ1) is 15.6. The molecule has 0 N–H and O–H groups in total. The summed E-state index contributed by atoms with van der Waals surface area (Å²) < 4.78 is 0. The van der Waals surface area contributed by atoms with Gasteiger partial charge in [-0.1, -0.05) is 106 Å². The van der Waals surface area contributed by atoms with Crippen LogP contribution in [0, 0.1) is 5.41 Å². The SMILES string of the molecule is CC(C)(C)C(c1ccccc1)c1ccccc1-c1ccccc1. The Balaban J connectivity index is 2.19. The molecule has 0 saturated heterocycles. The zero-order chi connectivity index (χ0) is 16.3. The van der Waals surface area contributed by atoms with Crippen LogP contribution in [0.4, 0.5) is 0 Å². The number of benzene rings is 3. The first-order chi connectivity index (χ1) is 11.1. The molecule has 3 rings (SSSR count). The Labute approximate surface area is 139 Å². The maximum Gasteiger partial charge on any atom is 0.0144 e. The maximum absolute atomic E-state index is 2.33. The van der Waals surface area contributed by atoms with E-state index in [0.717, 1.165) is 0 Å². The molecule has 0 spiro atoms. The van der Waals surface area contributed by atoms with Gasteiger partial charge in [-0.05, 0) is 27.7 Å². The van der Waals surface area contributed by atoms with E-state index in [4.69, 9.17) is 0 Å². The van der Waals surface area contributed by atoms with Gasteiger partial charge in [0, 0.05) is 5.92 Å². The molecule has 0 heterocycles. The summed E-state index contributed by atoms with van der Waals surface area (Å²) in [6.45, 7) is 6.98. The van der Waals surface area contributed by atoms with Crippen LogP contribution in [0.25, 0.3) is 11.1 Å². The quantitative estimate of drug-likeness (QED) is 0.515. The highest BCUT2D eigenvalue weighted by Crippen LogP contribution is 2.43. The number of hydrogen-bond acceptors (Lipinski definition) is 0. The van der Waals surface area contributed by atoms with Crippen LogP contribution in [0.1, 0.15) is 37.8 Å². The van der Waals surface area contributed by atoms with Crippen molar-refractivity contribution in [3.8, 4) is 11.1 Å². The van der Waals surface area contributed by atoms with E-state index in [0.29, 0.717) is 5.92 Å². The van der Waals surface area contributed by atoms with Crippen molar-refractivity contribution in [3.05, 3.63) is 96.1 Å².